The van der Waals surface area contributed by atoms with Crippen molar-refractivity contribution in [1.82, 2.24) is 15.0 Å². The van der Waals surface area contributed by atoms with Gasteiger partial charge in [-0.25, -0.2) is 9.69 Å². The third-order valence-electron chi connectivity index (χ3n) is 5.51. The highest BCUT2D eigenvalue weighted by Gasteiger charge is 2.34. The van der Waals surface area contributed by atoms with Gasteiger partial charge >= 0.3 is 0 Å². The topological polar surface area (TPSA) is 93.6 Å². The number of thioether (sulfide) groups is 1. The molecule has 0 N–H and O–H groups in total. The van der Waals surface area contributed by atoms with E-state index >= 15 is 0 Å². The Kier molecular flexibility index (Phi) is 5.04. The summed E-state index contributed by atoms with van der Waals surface area (Å²) in [5.41, 5.74) is 2.76. The fourth-order valence-corrected chi connectivity index (χ4v) is 4.81. The van der Waals surface area contributed by atoms with Gasteiger partial charge in [0.15, 0.2) is 22.3 Å². The quantitative estimate of drug-likeness (QED) is 0.248. The van der Waals surface area contributed by atoms with Gasteiger partial charge in [-0.3, -0.25) is 9.59 Å². The van der Waals surface area contributed by atoms with E-state index in [2.05, 4.69) is 15.4 Å². The molecule has 170 valence electrons. The lowest BCUT2D eigenvalue weighted by atomic mass is 10.2. The van der Waals surface area contributed by atoms with Gasteiger partial charge < -0.3 is 4.42 Å². The second-order valence-corrected chi connectivity index (χ2v) is 8.81. The highest BCUT2D eigenvalue weighted by atomic mass is 32.2. The van der Waals surface area contributed by atoms with E-state index in [4.69, 9.17) is 4.42 Å². The normalized spacial score (nSPS) is 15.0. The van der Waals surface area contributed by atoms with Crippen molar-refractivity contribution in [3.8, 4) is 0 Å². The number of para-hydroxylation sites is 3. The summed E-state index contributed by atoms with van der Waals surface area (Å²) in [5, 5.41) is 16.2. The molecule has 0 amide bonds. The van der Waals surface area contributed by atoms with Crippen molar-refractivity contribution >= 4 is 61.8 Å². The van der Waals surface area contributed by atoms with Crippen molar-refractivity contribution in [1.29, 1.82) is 0 Å². The van der Waals surface area contributed by atoms with Gasteiger partial charge in [0.05, 0.1) is 11.2 Å². The van der Waals surface area contributed by atoms with E-state index in [0.29, 0.717) is 27.3 Å². The number of hydrogen-bond acceptors (Lipinski definition) is 8. The van der Waals surface area contributed by atoms with E-state index in [-0.39, 0.29) is 22.3 Å². The Labute approximate surface area is 203 Å². The van der Waals surface area contributed by atoms with Gasteiger partial charge in [-0.2, -0.15) is 5.10 Å². The highest BCUT2D eigenvalue weighted by molar-refractivity contribution is 8.19. The van der Waals surface area contributed by atoms with Gasteiger partial charge in [0.2, 0.25) is 5.78 Å². The van der Waals surface area contributed by atoms with Gasteiger partial charge in [0.25, 0.3) is 0 Å². The number of aromatic nitrogens is 3. The molecule has 6 rings (SSSR count). The Morgan fingerprint density at radius 2 is 1.66 bits per heavy atom. The monoisotopic (exact) mass is 479 g/mol. The predicted molar refractivity (Wildman–Crippen MR) is 136 cm³/mol. The fourth-order valence-electron chi connectivity index (χ4n) is 3.86. The maximum Gasteiger partial charge on any atom is 0.249 e. The van der Waals surface area contributed by atoms with Gasteiger partial charge in [-0.05, 0) is 48.2 Å². The summed E-state index contributed by atoms with van der Waals surface area (Å²) in [6.45, 7) is 1.45. The number of nitrogens with zero attached hydrogens (tertiary/aromatic N) is 5. The molecule has 3 aromatic carbocycles. The van der Waals surface area contributed by atoms with Crippen LogP contribution in [0.1, 0.15) is 17.5 Å². The van der Waals surface area contributed by atoms with Gasteiger partial charge in [0.1, 0.15) is 16.1 Å². The molecule has 1 aliphatic heterocycles. The summed E-state index contributed by atoms with van der Waals surface area (Å²) in [6.07, 6.45) is 0. The number of carbonyl (C=O) groups is 2. The maximum absolute atomic E-state index is 14.1. The number of ketones is 2. The number of fused-ring (bicyclic) bond motifs is 2. The number of hydrogen-bond donors (Lipinski definition) is 0. The summed E-state index contributed by atoms with van der Waals surface area (Å²) in [4.78, 5) is 26.4. The first-order valence-corrected chi connectivity index (χ1v) is 11.6. The standard InChI is InChI=1S/C26H17N5O3S/c1-16(32)25-28-30(18-10-3-2-4-11-18)26(35-25)23(31-20-13-7-6-12-19(20)27-29-31)24(33)22-15-17-9-5-8-14-21(17)34-22/h2-15H,1H3/b26-23-. The molecule has 8 nitrogen and oxygen atoms in total. The number of furan rings is 1. The molecule has 0 atom stereocenters. The molecule has 0 bridgehead atoms. The minimum atomic E-state index is -0.403. The molecule has 0 spiro atoms. The minimum absolute atomic E-state index is 0.151. The molecule has 1 aliphatic rings. The van der Waals surface area contributed by atoms with E-state index < -0.39 is 5.78 Å². The summed E-state index contributed by atoms with van der Waals surface area (Å²) in [6, 6.07) is 25.8. The van der Waals surface area contributed by atoms with Crippen LogP contribution < -0.4 is 5.01 Å². The van der Waals surface area contributed by atoms with E-state index in [0.717, 1.165) is 17.1 Å². The van der Waals surface area contributed by atoms with Crippen molar-refractivity contribution in [3.63, 3.8) is 0 Å². The average molecular weight is 480 g/mol. The predicted octanol–water partition coefficient (Wildman–Crippen LogP) is 5.34. The number of anilines is 1. The van der Waals surface area contributed by atoms with Crippen molar-refractivity contribution in [2.24, 2.45) is 5.10 Å². The largest absolute Gasteiger partial charge is 0.453 e. The van der Waals surface area contributed by atoms with Crippen LogP contribution in [-0.2, 0) is 4.79 Å². The molecule has 0 fully saturated rings. The Hall–Kier alpha value is -4.50. The van der Waals surface area contributed by atoms with Crippen LogP contribution in [0, 0.1) is 0 Å². The van der Waals surface area contributed by atoms with Crippen molar-refractivity contribution < 1.29 is 14.0 Å². The lowest BCUT2D eigenvalue weighted by molar-refractivity contribution is -0.110. The van der Waals surface area contributed by atoms with Gasteiger partial charge in [-0.1, -0.05) is 53.7 Å². The summed E-state index contributed by atoms with van der Waals surface area (Å²) < 4.78 is 7.41. The second kappa shape index (κ2) is 8.37. The van der Waals surface area contributed by atoms with Crippen LogP contribution in [0.4, 0.5) is 5.69 Å². The van der Waals surface area contributed by atoms with Crippen LogP contribution in [-0.4, -0.2) is 31.6 Å². The van der Waals surface area contributed by atoms with Crippen molar-refractivity contribution in [2.75, 3.05) is 5.01 Å². The zero-order chi connectivity index (χ0) is 23.9. The Balaban J connectivity index is 1.61. The number of rotatable bonds is 5. The molecule has 2 aromatic heterocycles. The first-order chi connectivity index (χ1) is 17.1. The molecule has 0 saturated carbocycles. The molecule has 0 aliphatic carbocycles. The molecule has 0 unspecified atom stereocenters. The first-order valence-electron chi connectivity index (χ1n) is 10.8. The van der Waals surface area contributed by atoms with Crippen molar-refractivity contribution in [3.05, 3.63) is 95.7 Å². The van der Waals surface area contributed by atoms with Crippen LogP contribution in [0.2, 0.25) is 0 Å². The highest BCUT2D eigenvalue weighted by Crippen LogP contribution is 2.40. The number of allylic oxidation sites excluding steroid dienone is 1. The molecule has 5 aromatic rings. The summed E-state index contributed by atoms with van der Waals surface area (Å²) >= 11 is 1.12. The van der Waals surface area contributed by atoms with Crippen LogP contribution >= 0.6 is 11.8 Å². The third kappa shape index (κ3) is 3.62. The summed E-state index contributed by atoms with van der Waals surface area (Å²) in [7, 11) is 0. The molecular formula is C26H17N5O3S. The lowest BCUT2D eigenvalue weighted by Crippen LogP contribution is -2.19. The molecule has 9 heteroatoms. The fraction of sp³-hybridized carbons (Fsp3) is 0.0385. The van der Waals surface area contributed by atoms with Crippen LogP contribution in [0.3, 0.4) is 0 Å². The Morgan fingerprint density at radius 3 is 2.46 bits per heavy atom. The van der Waals surface area contributed by atoms with E-state index in [1.54, 1.807) is 17.1 Å². The number of benzene rings is 3. The van der Waals surface area contributed by atoms with Gasteiger partial charge in [-0.15, -0.1) is 5.10 Å². The number of Topliss-reactive ketones (excluding diaryl/α,β-unsaturated/α-hetero) is 2. The smallest absolute Gasteiger partial charge is 0.249 e. The zero-order valence-electron chi connectivity index (χ0n) is 18.5. The molecular weight excluding hydrogens is 462 g/mol. The second-order valence-electron chi connectivity index (χ2n) is 7.83. The van der Waals surface area contributed by atoms with Crippen LogP contribution in [0.15, 0.2) is 99.5 Å². The Morgan fingerprint density at radius 1 is 0.914 bits per heavy atom. The third-order valence-corrected chi connectivity index (χ3v) is 6.63. The van der Waals surface area contributed by atoms with E-state index in [1.807, 2.05) is 72.8 Å². The number of hydrazone groups is 1. The number of carbonyl (C=O) groups excluding carboxylic acids is 2. The van der Waals surface area contributed by atoms with E-state index in [9.17, 15) is 9.59 Å². The maximum atomic E-state index is 14.1. The average Bonchev–Trinajstić information content (AvgIpc) is 3.62. The molecule has 0 saturated heterocycles. The first kappa shape index (κ1) is 21.1. The lowest BCUT2D eigenvalue weighted by Gasteiger charge is -2.18. The molecule has 35 heavy (non-hydrogen) atoms. The van der Waals surface area contributed by atoms with Crippen LogP contribution in [0.25, 0.3) is 27.7 Å². The Bertz CT molecular complexity index is 1650. The van der Waals surface area contributed by atoms with Crippen LogP contribution in [0.5, 0.6) is 0 Å². The summed E-state index contributed by atoms with van der Waals surface area (Å²) in [5.74, 6) is -0.455. The zero-order valence-corrected chi connectivity index (χ0v) is 19.3. The molecule has 0 radical (unpaired) electrons. The molecule has 3 heterocycles. The van der Waals surface area contributed by atoms with Crippen molar-refractivity contribution in [2.45, 2.75) is 6.92 Å². The van der Waals surface area contributed by atoms with Gasteiger partial charge in [0, 0.05) is 12.3 Å². The minimum Gasteiger partial charge on any atom is -0.453 e. The van der Waals surface area contributed by atoms with E-state index in [1.165, 1.54) is 11.6 Å². The SMILES string of the molecule is CC(=O)C1=NN(c2ccccc2)/C(=C(\C(=O)c2cc3ccccc3o2)n2nnc3ccccc32)S1.